The molecule has 4 N–H and O–H groups in total. The van der Waals surface area contributed by atoms with Gasteiger partial charge in [0, 0.05) is 11.1 Å². The topological polar surface area (TPSA) is 84.8 Å². The van der Waals surface area contributed by atoms with Crippen molar-refractivity contribution >= 4 is 34.9 Å². The van der Waals surface area contributed by atoms with E-state index in [2.05, 4.69) is 4.84 Å². The molecule has 2 aromatic rings. The van der Waals surface area contributed by atoms with E-state index in [0.29, 0.717) is 26.8 Å². The molecule has 11 heteroatoms. The standard InChI is InChI=1S/C17H15Cl2F3N4O2/c1-25-14(23)10-6-5-8(9-3-2-4-11(18)13(9)19)7-12(10)26(16(25)24)28-15(27)17(20,21)22/h2-7,14,16H,23-24H2,1H3. The van der Waals surface area contributed by atoms with Gasteiger partial charge in [0.2, 0.25) is 0 Å². The van der Waals surface area contributed by atoms with E-state index >= 15 is 0 Å². The monoisotopic (exact) mass is 434 g/mol. The average Bonchev–Trinajstić information content (AvgIpc) is 2.64. The molecule has 1 aliphatic rings. The van der Waals surface area contributed by atoms with Gasteiger partial charge in [-0.2, -0.15) is 18.2 Å². The second-order valence-corrected chi connectivity index (χ2v) is 6.89. The molecule has 2 atom stereocenters. The Hall–Kier alpha value is -2.04. The zero-order valence-electron chi connectivity index (χ0n) is 14.4. The number of fused-ring (bicyclic) bond motifs is 1. The molecule has 150 valence electrons. The van der Waals surface area contributed by atoms with Crippen LogP contribution in [0.3, 0.4) is 0 Å². The molecule has 0 fully saturated rings. The van der Waals surface area contributed by atoms with Crippen molar-refractivity contribution in [1.82, 2.24) is 4.90 Å². The van der Waals surface area contributed by atoms with Crippen molar-refractivity contribution in [2.75, 3.05) is 12.1 Å². The Morgan fingerprint density at radius 3 is 2.50 bits per heavy atom. The summed E-state index contributed by atoms with van der Waals surface area (Å²) in [6.45, 7) is 0. The highest BCUT2D eigenvalue weighted by Crippen LogP contribution is 2.40. The largest absolute Gasteiger partial charge is 0.493 e. The number of alkyl halides is 3. The molecule has 0 radical (unpaired) electrons. The van der Waals surface area contributed by atoms with Gasteiger partial charge in [0.15, 0.2) is 6.29 Å². The molecule has 3 rings (SSSR count). The van der Waals surface area contributed by atoms with Crippen molar-refractivity contribution in [3.63, 3.8) is 0 Å². The molecule has 0 aromatic heterocycles. The van der Waals surface area contributed by atoms with Crippen LogP contribution in [-0.2, 0) is 9.63 Å². The minimum Gasteiger partial charge on any atom is -0.329 e. The molecule has 6 nitrogen and oxygen atoms in total. The van der Waals surface area contributed by atoms with Gasteiger partial charge in [0.25, 0.3) is 0 Å². The summed E-state index contributed by atoms with van der Waals surface area (Å²) in [5.41, 5.74) is 13.7. The van der Waals surface area contributed by atoms with E-state index in [4.69, 9.17) is 34.7 Å². The average molecular weight is 435 g/mol. The Bertz CT molecular complexity index is 926. The second kappa shape index (κ2) is 7.41. The first-order valence-electron chi connectivity index (χ1n) is 7.92. The number of hydrogen-bond donors (Lipinski definition) is 2. The van der Waals surface area contributed by atoms with Crippen LogP contribution in [0.2, 0.25) is 10.0 Å². The lowest BCUT2D eigenvalue weighted by molar-refractivity contribution is -0.204. The first kappa shape index (κ1) is 20.7. The summed E-state index contributed by atoms with van der Waals surface area (Å²) in [7, 11) is 1.49. The number of halogens is 5. The number of nitrogens with two attached hydrogens (primary N) is 2. The molecular weight excluding hydrogens is 420 g/mol. The van der Waals surface area contributed by atoms with Crippen LogP contribution in [0.25, 0.3) is 11.1 Å². The highest BCUT2D eigenvalue weighted by Gasteiger charge is 2.45. The van der Waals surface area contributed by atoms with Gasteiger partial charge >= 0.3 is 12.1 Å². The number of carbonyl (C=O) groups is 1. The van der Waals surface area contributed by atoms with E-state index in [9.17, 15) is 18.0 Å². The maximum Gasteiger partial charge on any atom is 0.493 e. The molecule has 0 saturated heterocycles. The lowest BCUT2D eigenvalue weighted by Gasteiger charge is -2.43. The van der Waals surface area contributed by atoms with E-state index in [-0.39, 0.29) is 10.7 Å². The zero-order valence-corrected chi connectivity index (χ0v) is 15.9. The molecule has 0 spiro atoms. The van der Waals surface area contributed by atoms with Crippen LogP contribution in [0.4, 0.5) is 18.9 Å². The predicted octanol–water partition coefficient (Wildman–Crippen LogP) is 3.63. The van der Waals surface area contributed by atoms with Crippen molar-refractivity contribution in [2.45, 2.75) is 18.6 Å². The van der Waals surface area contributed by atoms with E-state index < -0.39 is 24.6 Å². The van der Waals surface area contributed by atoms with Gasteiger partial charge in [-0.3, -0.25) is 10.6 Å². The minimum atomic E-state index is -5.19. The van der Waals surface area contributed by atoms with Gasteiger partial charge in [0.05, 0.1) is 21.9 Å². The highest BCUT2D eigenvalue weighted by atomic mass is 35.5. The maximum atomic E-state index is 12.7. The zero-order chi connectivity index (χ0) is 20.8. The number of carbonyl (C=O) groups excluding carboxylic acids is 1. The Morgan fingerprint density at radius 2 is 1.86 bits per heavy atom. The Kier molecular flexibility index (Phi) is 5.48. The SMILES string of the molecule is CN1C(N)c2ccc(-c3cccc(Cl)c3Cl)cc2N(OC(=O)C(F)(F)F)C1N. The highest BCUT2D eigenvalue weighted by molar-refractivity contribution is 6.43. The maximum absolute atomic E-state index is 12.7. The van der Waals surface area contributed by atoms with E-state index in [1.54, 1.807) is 30.3 Å². The summed E-state index contributed by atoms with van der Waals surface area (Å²) < 4.78 is 38.1. The fraction of sp³-hybridized carbons (Fsp3) is 0.235. The fourth-order valence-corrected chi connectivity index (χ4v) is 3.22. The summed E-state index contributed by atoms with van der Waals surface area (Å²) in [5.74, 6) is -2.40. The van der Waals surface area contributed by atoms with Crippen molar-refractivity contribution < 1.29 is 22.8 Å². The van der Waals surface area contributed by atoms with E-state index in [0.717, 1.165) is 0 Å². The molecule has 2 aromatic carbocycles. The molecule has 28 heavy (non-hydrogen) atoms. The minimum absolute atomic E-state index is 0.115. The summed E-state index contributed by atoms with van der Waals surface area (Å²) in [4.78, 5) is 17.3. The number of nitrogens with zero attached hydrogens (tertiary/aromatic N) is 2. The molecule has 0 saturated carbocycles. The number of benzene rings is 2. The molecule has 2 unspecified atom stereocenters. The third-order valence-electron chi connectivity index (χ3n) is 4.36. The van der Waals surface area contributed by atoms with Crippen LogP contribution >= 0.6 is 23.2 Å². The van der Waals surface area contributed by atoms with Crippen molar-refractivity contribution in [3.05, 3.63) is 52.0 Å². The summed E-state index contributed by atoms with van der Waals surface area (Å²) in [6.07, 6.45) is -7.15. The smallest absolute Gasteiger partial charge is 0.329 e. The van der Waals surface area contributed by atoms with Crippen LogP contribution in [-0.4, -0.2) is 30.4 Å². The van der Waals surface area contributed by atoms with Gasteiger partial charge in [-0.25, -0.2) is 4.79 Å². The molecule has 0 aliphatic carbocycles. The van der Waals surface area contributed by atoms with Gasteiger partial charge in [0.1, 0.15) is 0 Å². The third kappa shape index (κ3) is 3.63. The van der Waals surface area contributed by atoms with Crippen LogP contribution < -0.4 is 16.5 Å². The van der Waals surface area contributed by atoms with Crippen LogP contribution in [0.5, 0.6) is 0 Å². The second-order valence-electron chi connectivity index (χ2n) is 6.10. The van der Waals surface area contributed by atoms with Gasteiger partial charge in [-0.05, 0) is 24.7 Å². The van der Waals surface area contributed by atoms with Crippen molar-refractivity contribution in [2.24, 2.45) is 11.5 Å². The van der Waals surface area contributed by atoms with Crippen molar-refractivity contribution in [1.29, 1.82) is 0 Å². The van der Waals surface area contributed by atoms with Crippen LogP contribution in [0, 0.1) is 0 Å². The molecule has 1 heterocycles. The normalized spacial score (nSPS) is 20.1. The number of rotatable bonds is 2. The summed E-state index contributed by atoms with van der Waals surface area (Å²) in [5, 5.41) is 1.26. The van der Waals surface area contributed by atoms with Crippen LogP contribution in [0.1, 0.15) is 11.7 Å². The molecule has 1 aliphatic heterocycles. The van der Waals surface area contributed by atoms with Crippen LogP contribution in [0.15, 0.2) is 36.4 Å². The Labute approximate surface area is 168 Å². The number of anilines is 1. The summed E-state index contributed by atoms with van der Waals surface area (Å²) in [6, 6.07) is 9.74. The number of hydrogen-bond acceptors (Lipinski definition) is 6. The first-order valence-corrected chi connectivity index (χ1v) is 8.67. The Morgan fingerprint density at radius 1 is 1.18 bits per heavy atom. The van der Waals surface area contributed by atoms with E-state index in [1.807, 2.05) is 0 Å². The number of hydroxylamine groups is 1. The lowest BCUT2D eigenvalue weighted by atomic mass is 9.99. The van der Waals surface area contributed by atoms with E-state index in [1.165, 1.54) is 18.0 Å². The van der Waals surface area contributed by atoms with Gasteiger partial charge in [-0.15, -0.1) is 0 Å². The predicted molar refractivity (Wildman–Crippen MR) is 99.2 cm³/mol. The lowest BCUT2D eigenvalue weighted by Crippen LogP contribution is -2.60. The molecular formula is C17H15Cl2F3N4O2. The van der Waals surface area contributed by atoms with Crippen molar-refractivity contribution in [3.8, 4) is 11.1 Å². The first-order chi connectivity index (χ1) is 13.0. The quantitative estimate of drug-likeness (QED) is 0.750. The fourth-order valence-electron chi connectivity index (χ4n) is 2.82. The summed E-state index contributed by atoms with van der Waals surface area (Å²) >= 11 is 12.3. The third-order valence-corrected chi connectivity index (χ3v) is 5.18. The van der Waals surface area contributed by atoms with Gasteiger partial charge in [-0.1, -0.05) is 47.5 Å². The molecule has 0 bridgehead atoms. The Balaban J connectivity index is 2.11. The van der Waals surface area contributed by atoms with Gasteiger partial charge < -0.3 is 10.6 Å². The molecule has 0 amide bonds.